The zero-order chi connectivity index (χ0) is 13.5. The van der Waals surface area contributed by atoms with Gasteiger partial charge in [-0.05, 0) is 24.6 Å². The van der Waals surface area contributed by atoms with Crippen LogP contribution in [0.4, 0.5) is 0 Å². The fourth-order valence-corrected chi connectivity index (χ4v) is 1.63. The van der Waals surface area contributed by atoms with E-state index in [1.807, 2.05) is 24.3 Å². The lowest BCUT2D eigenvalue weighted by Gasteiger charge is -2.23. The number of hydrogen-bond acceptors (Lipinski definition) is 3. The van der Waals surface area contributed by atoms with E-state index in [1.54, 1.807) is 25.0 Å². The quantitative estimate of drug-likeness (QED) is 0.777. The van der Waals surface area contributed by atoms with Gasteiger partial charge in [-0.2, -0.15) is 0 Å². The van der Waals surface area contributed by atoms with Crippen molar-refractivity contribution in [3.05, 3.63) is 42.5 Å². The summed E-state index contributed by atoms with van der Waals surface area (Å²) in [5.74, 6) is 0.721. The molecule has 4 heteroatoms. The molecule has 0 spiro atoms. The van der Waals surface area contributed by atoms with Gasteiger partial charge in [0.2, 0.25) is 5.91 Å². The number of benzene rings is 1. The van der Waals surface area contributed by atoms with Crippen molar-refractivity contribution in [1.82, 2.24) is 4.90 Å². The van der Waals surface area contributed by atoms with Gasteiger partial charge in [-0.25, -0.2) is 0 Å². The number of nitrogens with two attached hydrogens (primary N) is 1. The third kappa shape index (κ3) is 3.89. The van der Waals surface area contributed by atoms with Crippen molar-refractivity contribution in [2.24, 2.45) is 5.73 Å². The monoisotopic (exact) mass is 248 g/mol. The number of ether oxygens (including phenoxy) is 1. The van der Waals surface area contributed by atoms with Crippen molar-refractivity contribution >= 4 is 5.91 Å². The first kappa shape index (κ1) is 14.3. The van der Waals surface area contributed by atoms with E-state index in [4.69, 9.17) is 10.5 Å². The van der Waals surface area contributed by atoms with Crippen molar-refractivity contribution in [3.63, 3.8) is 0 Å². The van der Waals surface area contributed by atoms with Crippen LogP contribution in [0.3, 0.4) is 0 Å². The van der Waals surface area contributed by atoms with Crippen LogP contribution in [-0.2, 0) is 11.3 Å². The Morgan fingerprint density at radius 3 is 2.56 bits per heavy atom. The molecular weight excluding hydrogens is 228 g/mol. The van der Waals surface area contributed by atoms with Crippen LogP contribution < -0.4 is 10.5 Å². The smallest absolute Gasteiger partial charge is 0.239 e. The molecule has 0 saturated heterocycles. The summed E-state index contributed by atoms with van der Waals surface area (Å²) in [5.41, 5.74) is 6.65. The van der Waals surface area contributed by atoms with Gasteiger partial charge in [-0.3, -0.25) is 4.79 Å². The Morgan fingerprint density at radius 2 is 2.11 bits per heavy atom. The second kappa shape index (κ2) is 6.81. The summed E-state index contributed by atoms with van der Waals surface area (Å²) >= 11 is 0. The molecule has 0 aromatic heterocycles. The predicted molar refractivity (Wildman–Crippen MR) is 72.3 cm³/mol. The van der Waals surface area contributed by atoms with E-state index in [0.717, 1.165) is 11.3 Å². The molecule has 0 heterocycles. The van der Waals surface area contributed by atoms with Crippen molar-refractivity contribution < 1.29 is 9.53 Å². The van der Waals surface area contributed by atoms with Crippen LogP contribution >= 0.6 is 0 Å². The zero-order valence-corrected chi connectivity index (χ0v) is 10.9. The Hall–Kier alpha value is -1.81. The third-order valence-electron chi connectivity index (χ3n) is 2.58. The second-order valence-corrected chi connectivity index (χ2v) is 4.14. The number of hydrogen-bond donors (Lipinski definition) is 1. The number of nitrogens with zero attached hydrogens (tertiary/aromatic N) is 1. The number of rotatable bonds is 6. The molecule has 18 heavy (non-hydrogen) atoms. The van der Waals surface area contributed by atoms with E-state index in [-0.39, 0.29) is 5.91 Å². The molecule has 0 aliphatic carbocycles. The van der Waals surface area contributed by atoms with E-state index < -0.39 is 6.04 Å². The van der Waals surface area contributed by atoms with E-state index in [1.165, 1.54) is 0 Å². The first-order valence-electron chi connectivity index (χ1n) is 5.86. The minimum atomic E-state index is -0.497. The van der Waals surface area contributed by atoms with Crippen molar-refractivity contribution in [3.8, 4) is 5.75 Å². The number of amides is 1. The Bertz CT molecular complexity index is 399. The summed E-state index contributed by atoms with van der Waals surface area (Å²) in [5, 5.41) is 0. The zero-order valence-electron chi connectivity index (χ0n) is 10.9. The second-order valence-electron chi connectivity index (χ2n) is 4.14. The highest BCUT2D eigenvalue weighted by Gasteiger charge is 2.16. The van der Waals surface area contributed by atoms with Crippen LogP contribution in [-0.4, -0.2) is 30.5 Å². The van der Waals surface area contributed by atoms with Crippen molar-refractivity contribution in [2.45, 2.75) is 19.5 Å². The van der Waals surface area contributed by atoms with Gasteiger partial charge in [0, 0.05) is 13.1 Å². The van der Waals surface area contributed by atoms with E-state index in [0.29, 0.717) is 13.1 Å². The lowest BCUT2D eigenvalue weighted by molar-refractivity contribution is -0.132. The van der Waals surface area contributed by atoms with Gasteiger partial charge in [0.05, 0.1) is 13.2 Å². The van der Waals surface area contributed by atoms with Gasteiger partial charge in [0.1, 0.15) is 5.75 Å². The van der Waals surface area contributed by atoms with Crippen LogP contribution in [0.25, 0.3) is 0 Å². The molecular formula is C14H20N2O2. The third-order valence-corrected chi connectivity index (χ3v) is 2.58. The molecule has 0 aliphatic rings. The van der Waals surface area contributed by atoms with Crippen molar-refractivity contribution in [2.75, 3.05) is 13.7 Å². The minimum absolute atomic E-state index is 0.0780. The molecule has 1 aromatic carbocycles. The Kier molecular flexibility index (Phi) is 5.39. The molecule has 4 nitrogen and oxygen atoms in total. The van der Waals surface area contributed by atoms with Gasteiger partial charge in [-0.15, -0.1) is 6.58 Å². The minimum Gasteiger partial charge on any atom is -0.497 e. The normalized spacial score (nSPS) is 11.7. The molecule has 98 valence electrons. The van der Waals surface area contributed by atoms with Gasteiger partial charge < -0.3 is 15.4 Å². The summed E-state index contributed by atoms with van der Waals surface area (Å²) in [4.78, 5) is 13.6. The Balaban J connectivity index is 2.75. The maximum atomic E-state index is 11.9. The first-order chi connectivity index (χ1) is 8.58. The molecule has 0 saturated carbocycles. The number of carbonyl (C=O) groups excluding carboxylic acids is 1. The van der Waals surface area contributed by atoms with Gasteiger partial charge in [-0.1, -0.05) is 18.2 Å². The highest BCUT2D eigenvalue weighted by atomic mass is 16.5. The molecule has 1 rings (SSSR count). The largest absolute Gasteiger partial charge is 0.497 e. The average Bonchev–Trinajstić information content (AvgIpc) is 2.38. The van der Waals surface area contributed by atoms with Gasteiger partial charge >= 0.3 is 0 Å². The number of methoxy groups -OCH3 is 1. The molecule has 0 unspecified atom stereocenters. The van der Waals surface area contributed by atoms with Crippen LogP contribution in [0.15, 0.2) is 36.9 Å². The SMILES string of the molecule is C=CCN(Cc1ccc(OC)cc1)C(=O)[C@H](C)N. The van der Waals surface area contributed by atoms with Gasteiger partial charge in [0.25, 0.3) is 0 Å². The lowest BCUT2D eigenvalue weighted by Crippen LogP contribution is -2.41. The summed E-state index contributed by atoms with van der Waals surface area (Å²) in [6.07, 6.45) is 1.70. The molecule has 0 fully saturated rings. The Morgan fingerprint density at radius 1 is 1.50 bits per heavy atom. The highest BCUT2D eigenvalue weighted by Crippen LogP contribution is 2.13. The fourth-order valence-electron chi connectivity index (χ4n) is 1.63. The average molecular weight is 248 g/mol. The molecule has 2 N–H and O–H groups in total. The van der Waals surface area contributed by atoms with E-state index in [9.17, 15) is 4.79 Å². The molecule has 0 radical (unpaired) electrons. The summed E-state index contributed by atoms with van der Waals surface area (Å²) < 4.78 is 5.09. The maximum absolute atomic E-state index is 11.9. The molecule has 0 bridgehead atoms. The van der Waals surface area contributed by atoms with Crippen LogP contribution in [0, 0.1) is 0 Å². The topological polar surface area (TPSA) is 55.6 Å². The lowest BCUT2D eigenvalue weighted by atomic mass is 10.2. The molecule has 1 atom stereocenters. The van der Waals surface area contributed by atoms with E-state index >= 15 is 0 Å². The molecule has 1 aromatic rings. The summed E-state index contributed by atoms with van der Waals surface area (Å²) in [7, 11) is 1.62. The van der Waals surface area contributed by atoms with Crippen LogP contribution in [0.5, 0.6) is 5.75 Å². The standard InChI is InChI=1S/C14H20N2O2/c1-4-9-16(14(17)11(2)15)10-12-5-7-13(18-3)8-6-12/h4-8,11H,1,9-10,15H2,2-3H3/t11-/m0/s1. The van der Waals surface area contributed by atoms with Crippen LogP contribution in [0.2, 0.25) is 0 Å². The molecule has 0 aliphatic heterocycles. The first-order valence-corrected chi connectivity index (χ1v) is 5.86. The summed E-state index contributed by atoms with van der Waals surface area (Å²) in [6.45, 7) is 6.36. The predicted octanol–water partition coefficient (Wildman–Crippen LogP) is 1.56. The highest BCUT2D eigenvalue weighted by molar-refractivity contribution is 5.81. The maximum Gasteiger partial charge on any atom is 0.239 e. The fraction of sp³-hybridized carbons (Fsp3) is 0.357. The van der Waals surface area contributed by atoms with Crippen molar-refractivity contribution in [1.29, 1.82) is 0 Å². The van der Waals surface area contributed by atoms with Crippen LogP contribution in [0.1, 0.15) is 12.5 Å². The molecule has 1 amide bonds. The van der Waals surface area contributed by atoms with Gasteiger partial charge in [0.15, 0.2) is 0 Å². The van der Waals surface area contributed by atoms with E-state index in [2.05, 4.69) is 6.58 Å². The number of carbonyl (C=O) groups is 1. The summed E-state index contributed by atoms with van der Waals surface area (Å²) in [6, 6.07) is 7.12. The Labute approximate surface area is 108 Å².